The van der Waals surface area contributed by atoms with Crippen LogP contribution in [-0.2, 0) is 15.0 Å². The highest BCUT2D eigenvalue weighted by Gasteiger charge is 2.38. The lowest BCUT2D eigenvalue weighted by molar-refractivity contribution is -0.0115. The van der Waals surface area contributed by atoms with Gasteiger partial charge in [0.25, 0.3) is 0 Å². The fourth-order valence-electron chi connectivity index (χ4n) is 2.19. The molecule has 0 amide bonds. The van der Waals surface area contributed by atoms with Crippen LogP contribution in [0.1, 0.15) is 25.3 Å². The van der Waals surface area contributed by atoms with Gasteiger partial charge in [0, 0.05) is 13.2 Å². The van der Waals surface area contributed by atoms with Crippen molar-refractivity contribution in [1.29, 1.82) is 5.26 Å². The smallest absolute Gasteiger partial charge is 0.156 e. The molecule has 1 aliphatic carbocycles. The predicted octanol–water partition coefficient (Wildman–Crippen LogP) is 2.21. The summed E-state index contributed by atoms with van der Waals surface area (Å²) in [6.45, 7) is 2.81. The van der Waals surface area contributed by atoms with Gasteiger partial charge in [-0.2, -0.15) is 5.26 Å². The zero-order valence-electron chi connectivity index (χ0n) is 12.1. The van der Waals surface area contributed by atoms with Crippen LogP contribution in [0.4, 0.5) is 0 Å². The monoisotopic (exact) mass is 274 g/mol. The van der Waals surface area contributed by atoms with Gasteiger partial charge in [0.15, 0.2) is 5.54 Å². The van der Waals surface area contributed by atoms with Gasteiger partial charge < -0.3 is 9.47 Å². The van der Waals surface area contributed by atoms with Crippen LogP contribution in [0.2, 0.25) is 0 Å². The molecule has 2 unspecified atom stereocenters. The van der Waals surface area contributed by atoms with E-state index in [1.807, 2.05) is 37.3 Å². The molecule has 108 valence electrons. The summed E-state index contributed by atoms with van der Waals surface area (Å²) in [5.41, 5.74) is 0.184. The number of ether oxygens (including phenoxy) is 2. The van der Waals surface area contributed by atoms with Crippen LogP contribution in [0.15, 0.2) is 30.3 Å². The summed E-state index contributed by atoms with van der Waals surface area (Å²) in [6.07, 6.45) is 2.23. The number of hydrogen-bond acceptors (Lipinski definition) is 4. The Morgan fingerprint density at radius 3 is 2.65 bits per heavy atom. The first-order valence-corrected chi connectivity index (χ1v) is 7.05. The molecule has 1 saturated carbocycles. The highest BCUT2D eigenvalue weighted by Crippen LogP contribution is 2.29. The van der Waals surface area contributed by atoms with Crippen molar-refractivity contribution in [2.45, 2.75) is 37.5 Å². The van der Waals surface area contributed by atoms with E-state index in [9.17, 15) is 5.26 Å². The Morgan fingerprint density at radius 2 is 2.10 bits per heavy atom. The Labute approximate surface area is 120 Å². The van der Waals surface area contributed by atoms with E-state index in [-0.39, 0.29) is 6.10 Å². The lowest BCUT2D eigenvalue weighted by Crippen LogP contribution is -2.47. The maximum absolute atomic E-state index is 9.73. The highest BCUT2D eigenvalue weighted by atomic mass is 16.5. The minimum atomic E-state index is -0.773. The highest BCUT2D eigenvalue weighted by molar-refractivity contribution is 5.32. The van der Waals surface area contributed by atoms with E-state index in [1.54, 1.807) is 7.11 Å². The lowest BCUT2D eigenvalue weighted by atomic mass is 9.92. The predicted molar refractivity (Wildman–Crippen MR) is 77.2 cm³/mol. The number of rotatable bonds is 8. The van der Waals surface area contributed by atoms with Gasteiger partial charge in [0.1, 0.15) is 0 Å². The van der Waals surface area contributed by atoms with Crippen LogP contribution in [0.25, 0.3) is 0 Å². The summed E-state index contributed by atoms with van der Waals surface area (Å²) < 4.78 is 10.9. The van der Waals surface area contributed by atoms with Crippen molar-refractivity contribution >= 4 is 0 Å². The average Bonchev–Trinajstić information content (AvgIpc) is 3.29. The second-order valence-corrected chi connectivity index (χ2v) is 5.38. The molecular formula is C16H22N2O2. The van der Waals surface area contributed by atoms with E-state index < -0.39 is 5.54 Å². The summed E-state index contributed by atoms with van der Waals surface area (Å²) in [6, 6.07) is 12.7. The van der Waals surface area contributed by atoms with Crippen molar-refractivity contribution in [2.24, 2.45) is 0 Å². The number of benzene rings is 1. The van der Waals surface area contributed by atoms with Crippen molar-refractivity contribution in [3.05, 3.63) is 35.9 Å². The summed E-state index contributed by atoms with van der Waals surface area (Å²) in [7, 11) is 1.65. The van der Waals surface area contributed by atoms with Crippen molar-refractivity contribution in [3.8, 4) is 6.07 Å². The molecule has 1 fully saturated rings. The second-order valence-electron chi connectivity index (χ2n) is 5.38. The van der Waals surface area contributed by atoms with E-state index in [1.165, 1.54) is 0 Å². The molecule has 1 aromatic rings. The SMILES string of the molecule is COCC(C)OCC(C#N)(NC1CC1)c1ccccc1. The average molecular weight is 274 g/mol. The molecule has 4 heteroatoms. The Balaban J connectivity index is 2.12. The molecule has 0 radical (unpaired) electrons. The Bertz CT molecular complexity index is 453. The Hall–Kier alpha value is -1.41. The number of methoxy groups -OCH3 is 1. The molecule has 2 atom stereocenters. The van der Waals surface area contributed by atoms with Gasteiger partial charge in [0.05, 0.1) is 25.4 Å². The Morgan fingerprint density at radius 1 is 1.40 bits per heavy atom. The molecule has 20 heavy (non-hydrogen) atoms. The van der Waals surface area contributed by atoms with E-state index in [4.69, 9.17) is 9.47 Å². The fraction of sp³-hybridized carbons (Fsp3) is 0.562. The number of nitrogens with one attached hydrogen (secondary N) is 1. The molecule has 1 aliphatic rings. The van der Waals surface area contributed by atoms with E-state index >= 15 is 0 Å². The molecule has 0 aliphatic heterocycles. The van der Waals surface area contributed by atoms with Crippen LogP contribution < -0.4 is 5.32 Å². The summed E-state index contributed by atoms with van der Waals surface area (Å²) in [5, 5.41) is 13.2. The summed E-state index contributed by atoms with van der Waals surface area (Å²) in [4.78, 5) is 0. The minimum Gasteiger partial charge on any atom is -0.382 e. The first-order chi connectivity index (χ1) is 9.70. The standard InChI is InChI=1S/C16H22N2O2/c1-13(10-19-2)20-12-16(11-17,18-15-8-9-15)14-6-4-3-5-7-14/h3-7,13,15,18H,8-10,12H2,1-2H3. The molecular weight excluding hydrogens is 252 g/mol. The minimum absolute atomic E-state index is 0.0301. The lowest BCUT2D eigenvalue weighted by Gasteiger charge is -2.29. The first-order valence-electron chi connectivity index (χ1n) is 7.05. The third kappa shape index (κ3) is 3.80. The maximum atomic E-state index is 9.73. The second kappa shape index (κ2) is 6.85. The van der Waals surface area contributed by atoms with Crippen molar-refractivity contribution in [1.82, 2.24) is 5.32 Å². The molecule has 1 aromatic carbocycles. The van der Waals surface area contributed by atoms with Crippen molar-refractivity contribution in [2.75, 3.05) is 20.3 Å². The Kier molecular flexibility index (Phi) is 5.13. The van der Waals surface area contributed by atoms with Crippen molar-refractivity contribution < 1.29 is 9.47 Å². The molecule has 4 nitrogen and oxygen atoms in total. The molecule has 1 N–H and O–H groups in total. The zero-order valence-corrected chi connectivity index (χ0v) is 12.1. The molecule has 2 rings (SSSR count). The normalized spacial score (nSPS) is 19.1. The number of hydrogen-bond donors (Lipinski definition) is 1. The maximum Gasteiger partial charge on any atom is 0.156 e. The third-order valence-corrected chi connectivity index (χ3v) is 3.47. The fourth-order valence-corrected chi connectivity index (χ4v) is 2.19. The molecule has 0 spiro atoms. The molecule has 0 heterocycles. The van der Waals surface area contributed by atoms with Crippen LogP contribution in [0.5, 0.6) is 0 Å². The molecule has 0 saturated heterocycles. The molecule has 0 bridgehead atoms. The van der Waals surface area contributed by atoms with Gasteiger partial charge in [-0.25, -0.2) is 0 Å². The van der Waals surface area contributed by atoms with Crippen LogP contribution in [-0.4, -0.2) is 32.5 Å². The number of nitrogens with zero attached hydrogens (tertiary/aromatic N) is 1. The van der Waals surface area contributed by atoms with Gasteiger partial charge in [-0.3, -0.25) is 5.32 Å². The number of nitriles is 1. The third-order valence-electron chi connectivity index (χ3n) is 3.47. The van der Waals surface area contributed by atoms with Gasteiger partial charge in [-0.15, -0.1) is 0 Å². The largest absolute Gasteiger partial charge is 0.382 e. The van der Waals surface area contributed by atoms with E-state index in [2.05, 4.69) is 11.4 Å². The zero-order chi connectivity index (χ0) is 14.4. The van der Waals surface area contributed by atoms with E-state index in [0.717, 1.165) is 18.4 Å². The molecule has 0 aromatic heterocycles. The van der Waals surface area contributed by atoms with Crippen LogP contribution >= 0.6 is 0 Å². The summed E-state index contributed by atoms with van der Waals surface area (Å²) in [5.74, 6) is 0. The first kappa shape index (κ1) is 15.0. The van der Waals surface area contributed by atoms with Gasteiger partial charge >= 0.3 is 0 Å². The van der Waals surface area contributed by atoms with Crippen molar-refractivity contribution in [3.63, 3.8) is 0 Å². The van der Waals surface area contributed by atoms with E-state index in [0.29, 0.717) is 19.3 Å². The van der Waals surface area contributed by atoms with Gasteiger partial charge in [-0.05, 0) is 25.3 Å². The van der Waals surface area contributed by atoms with Crippen LogP contribution in [0, 0.1) is 11.3 Å². The quantitative estimate of drug-likeness (QED) is 0.789. The van der Waals surface area contributed by atoms with Crippen LogP contribution in [0.3, 0.4) is 0 Å². The van der Waals surface area contributed by atoms with Gasteiger partial charge in [0.2, 0.25) is 0 Å². The topological polar surface area (TPSA) is 54.3 Å². The summed E-state index contributed by atoms with van der Waals surface area (Å²) >= 11 is 0. The van der Waals surface area contributed by atoms with Gasteiger partial charge in [-0.1, -0.05) is 30.3 Å².